The van der Waals surface area contributed by atoms with E-state index in [0.29, 0.717) is 37.7 Å². The van der Waals surface area contributed by atoms with Crippen molar-refractivity contribution in [3.05, 3.63) is 29.8 Å². The van der Waals surface area contributed by atoms with Crippen LogP contribution < -0.4 is 4.74 Å². The van der Waals surface area contributed by atoms with E-state index in [1.807, 2.05) is 19.9 Å². The summed E-state index contributed by atoms with van der Waals surface area (Å²) in [6.07, 6.45) is -0.892. The van der Waals surface area contributed by atoms with Crippen molar-refractivity contribution in [3.63, 3.8) is 0 Å². The summed E-state index contributed by atoms with van der Waals surface area (Å²) in [5, 5.41) is 0. The Hall–Kier alpha value is -1.43. The first kappa shape index (κ1) is 16.6. The summed E-state index contributed by atoms with van der Waals surface area (Å²) in [7, 11) is 1.60. The van der Waals surface area contributed by atoms with Gasteiger partial charge in [-0.05, 0) is 26.0 Å². The summed E-state index contributed by atoms with van der Waals surface area (Å²) in [5.74, 6) is 0.278. The van der Waals surface area contributed by atoms with E-state index in [1.54, 1.807) is 25.3 Å². The molecule has 1 rings (SSSR count). The van der Waals surface area contributed by atoms with Crippen LogP contribution in [0.25, 0.3) is 0 Å². The Morgan fingerprint density at radius 2 is 1.75 bits per heavy atom. The summed E-state index contributed by atoms with van der Waals surface area (Å²) in [6.45, 7) is 5.30. The van der Waals surface area contributed by atoms with Crippen LogP contribution in [0.5, 0.6) is 5.75 Å². The Labute approximate surface area is 119 Å². The van der Waals surface area contributed by atoms with Crippen molar-refractivity contribution < 1.29 is 23.7 Å². The first-order chi connectivity index (χ1) is 9.74. The van der Waals surface area contributed by atoms with E-state index in [0.717, 1.165) is 0 Å². The third-order valence-corrected chi connectivity index (χ3v) is 2.55. The van der Waals surface area contributed by atoms with Crippen LogP contribution in [0.3, 0.4) is 0 Å². The van der Waals surface area contributed by atoms with E-state index in [1.165, 1.54) is 0 Å². The second-order valence-electron chi connectivity index (χ2n) is 3.94. The predicted octanol–water partition coefficient (Wildman–Crippen LogP) is 2.29. The molecule has 0 aliphatic carbocycles. The third-order valence-electron chi connectivity index (χ3n) is 2.55. The Morgan fingerprint density at radius 3 is 2.35 bits per heavy atom. The molecule has 0 aliphatic heterocycles. The van der Waals surface area contributed by atoms with Crippen LogP contribution >= 0.6 is 0 Å². The van der Waals surface area contributed by atoms with Gasteiger partial charge in [-0.2, -0.15) is 0 Å². The van der Waals surface area contributed by atoms with Crippen molar-refractivity contribution in [1.29, 1.82) is 0 Å². The lowest BCUT2D eigenvalue weighted by molar-refractivity contribution is -0.107. The second-order valence-corrected chi connectivity index (χ2v) is 3.94. The van der Waals surface area contributed by atoms with E-state index >= 15 is 0 Å². The van der Waals surface area contributed by atoms with Crippen LogP contribution in [-0.4, -0.2) is 45.6 Å². The molecule has 0 N–H and O–H groups in total. The third kappa shape index (κ3) is 4.92. The average Bonchev–Trinajstić information content (AvgIpc) is 2.47. The highest BCUT2D eigenvalue weighted by Gasteiger charge is 2.23. The summed E-state index contributed by atoms with van der Waals surface area (Å²) < 4.78 is 21.1. The number of Topliss-reactive ketones (excluding diaryl/α,β-unsaturated/α-hetero) is 1. The number of hydrogen-bond acceptors (Lipinski definition) is 5. The summed E-state index contributed by atoms with van der Waals surface area (Å²) >= 11 is 0. The lowest BCUT2D eigenvalue weighted by atomic mass is 10.1. The zero-order valence-electron chi connectivity index (χ0n) is 12.3. The minimum Gasteiger partial charge on any atom is -0.490 e. The summed E-state index contributed by atoms with van der Waals surface area (Å²) in [6, 6.07) is 7.05. The number of benzene rings is 1. The number of ether oxygens (including phenoxy) is 4. The maximum atomic E-state index is 12.4. The molecule has 0 radical (unpaired) electrons. The molecule has 0 aromatic heterocycles. The zero-order chi connectivity index (χ0) is 14.8. The quantitative estimate of drug-likeness (QED) is 0.374. The fourth-order valence-corrected chi connectivity index (χ4v) is 1.66. The Bertz CT molecular complexity index is 399. The Balaban J connectivity index is 2.84. The fraction of sp³-hybridized carbons (Fsp3) is 0.533. The highest BCUT2D eigenvalue weighted by atomic mass is 16.7. The van der Waals surface area contributed by atoms with Gasteiger partial charge in [0.2, 0.25) is 12.1 Å². The summed E-state index contributed by atoms with van der Waals surface area (Å²) in [4.78, 5) is 12.4. The SMILES string of the molecule is CCOC(OCC)C(=O)c1ccccc1OCCOC. The number of methoxy groups -OCH3 is 1. The van der Waals surface area contributed by atoms with E-state index in [2.05, 4.69) is 0 Å². The minimum atomic E-state index is -0.892. The molecule has 1 aromatic rings. The highest BCUT2D eigenvalue weighted by molar-refractivity contribution is 6.01. The molecule has 5 heteroatoms. The average molecular weight is 282 g/mol. The van der Waals surface area contributed by atoms with Gasteiger partial charge in [0, 0.05) is 20.3 Å². The molecule has 112 valence electrons. The van der Waals surface area contributed by atoms with E-state index < -0.39 is 6.29 Å². The van der Waals surface area contributed by atoms with Gasteiger partial charge in [0.25, 0.3) is 0 Å². The topological polar surface area (TPSA) is 54.0 Å². The van der Waals surface area contributed by atoms with Gasteiger partial charge in [-0.15, -0.1) is 0 Å². The molecule has 1 aromatic carbocycles. The Kier molecular flexibility index (Phi) is 7.87. The molecule has 5 nitrogen and oxygen atoms in total. The second kappa shape index (κ2) is 9.47. The predicted molar refractivity (Wildman–Crippen MR) is 75.2 cm³/mol. The smallest absolute Gasteiger partial charge is 0.222 e. The molecule has 0 amide bonds. The van der Waals surface area contributed by atoms with Crippen LogP contribution in [0.1, 0.15) is 24.2 Å². The lowest BCUT2D eigenvalue weighted by Crippen LogP contribution is -2.28. The normalized spacial score (nSPS) is 10.8. The van der Waals surface area contributed by atoms with Crippen molar-refractivity contribution in [2.45, 2.75) is 20.1 Å². The van der Waals surface area contributed by atoms with Gasteiger partial charge in [0.15, 0.2) is 0 Å². The number of hydrogen-bond donors (Lipinski definition) is 0. The van der Waals surface area contributed by atoms with Crippen LogP contribution in [0, 0.1) is 0 Å². The van der Waals surface area contributed by atoms with E-state index in [4.69, 9.17) is 18.9 Å². The number of para-hydroxylation sites is 1. The van der Waals surface area contributed by atoms with E-state index in [9.17, 15) is 4.79 Å². The molecule has 0 aliphatic rings. The first-order valence-electron chi connectivity index (χ1n) is 6.72. The molecular formula is C15H22O5. The lowest BCUT2D eigenvalue weighted by Gasteiger charge is -2.17. The number of carbonyl (C=O) groups excluding carboxylic acids is 1. The van der Waals surface area contributed by atoms with Crippen molar-refractivity contribution in [2.75, 3.05) is 33.5 Å². The number of carbonyl (C=O) groups is 1. The fourth-order valence-electron chi connectivity index (χ4n) is 1.66. The molecule has 0 unspecified atom stereocenters. The molecule has 0 heterocycles. The van der Waals surface area contributed by atoms with Gasteiger partial charge in [0.1, 0.15) is 12.4 Å². The Morgan fingerprint density at radius 1 is 1.10 bits per heavy atom. The zero-order valence-corrected chi connectivity index (χ0v) is 12.3. The molecule has 0 saturated carbocycles. The van der Waals surface area contributed by atoms with Gasteiger partial charge in [-0.25, -0.2) is 0 Å². The van der Waals surface area contributed by atoms with Crippen LogP contribution in [-0.2, 0) is 14.2 Å². The minimum absolute atomic E-state index is 0.235. The maximum Gasteiger partial charge on any atom is 0.222 e. The molecule has 0 bridgehead atoms. The number of rotatable bonds is 10. The molecule has 0 saturated heterocycles. The molecule has 0 spiro atoms. The van der Waals surface area contributed by atoms with Crippen molar-refractivity contribution in [3.8, 4) is 5.75 Å². The largest absolute Gasteiger partial charge is 0.490 e. The summed E-state index contributed by atoms with van der Waals surface area (Å²) in [5.41, 5.74) is 0.454. The van der Waals surface area contributed by atoms with Gasteiger partial charge in [0.05, 0.1) is 12.2 Å². The van der Waals surface area contributed by atoms with Crippen molar-refractivity contribution in [1.82, 2.24) is 0 Å². The van der Waals surface area contributed by atoms with Gasteiger partial charge >= 0.3 is 0 Å². The highest BCUT2D eigenvalue weighted by Crippen LogP contribution is 2.21. The van der Waals surface area contributed by atoms with Crippen LogP contribution in [0.2, 0.25) is 0 Å². The number of ketones is 1. The molecular weight excluding hydrogens is 260 g/mol. The molecule has 0 atom stereocenters. The standard InChI is InChI=1S/C15H22O5/c1-4-18-15(19-5-2)14(16)12-8-6-7-9-13(12)20-11-10-17-3/h6-9,15H,4-5,10-11H2,1-3H3. The van der Waals surface area contributed by atoms with Crippen molar-refractivity contribution >= 4 is 5.78 Å². The van der Waals surface area contributed by atoms with Gasteiger partial charge in [-0.1, -0.05) is 12.1 Å². The maximum absolute atomic E-state index is 12.4. The first-order valence-corrected chi connectivity index (χ1v) is 6.72. The monoisotopic (exact) mass is 282 g/mol. The van der Waals surface area contributed by atoms with Gasteiger partial charge < -0.3 is 18.9 Å². The van der Waals surface area contributed by atoms with Crippen LogP contribution in [0.15, 0.2) is 24.3 Å². The van der Waals surface area contributed by atoms with E-state index in [-0.39, 0.29) is 5.78 Å². The molecule has 20 heavy (non-hydrogen) atoms. The van der Waals surface area contributed by atoms with Crippen LogP contribution in [0.4, 0.5) is 0 Å². The van der Waals surface area contributed by atoms with Crippen molar-refractivity contribution in [2.24, 2.45) is 0 Å². The molecule has 0 fully saturated rings. The van der Waals surface area contributed by atoms with Gasteiger partial charge in [-0.3, -0.25) is 4.79 Å².